The van der Waals surface area contributed by atoms with Crippen LogP contribution in [0.5, 0.6) is 0 Å². The molecule has 0 aliphatic carbocycles. The normalized spacial score (nSPS) is 16.0. The second-order valence-corrected chi connectivity index (χ2v) is 12.7. The number of hydrogen-bond acceptors (Lipinski definition) is 6. The van der Waals surface area contributed by atoms with Gasteiger partial charge in [0.25, 0.3) is 5.91 Å². The number of oxime groups is 1. The van der Waals surface area contributed by atoms with E-state index in [9.17, 15) is 13.2 Å². The Balaban J connectivity index is 0.000000850. The number of amides is 1. The van der Waals surface area contributed by atoms with Gasteiger partial charge in [-0.05, 0) is 76.4 Å². The topological polar surface area (TPSA) is 91.3 Å². The zero-order valence-electron chi connectivity index (χ0n) is 28.0. The summed E-state index contributed by atoms with van der Waals surface area (Å²) in [6, 6.07) is 8.22. The van der Waals surface area contributed by atoms with Crippen molar-refractivity contribution in [3.05, 3.63) is 71.0 Å². The van der Waals surface area contributed by atoms with Crippen LogP contribution < -0.4 is 5.32 Å². The number of allylic oxidation sites excluding steroid dienone is 2. The minimum absolute atomic E-state index is 0.0250. The Hall–Kier alpha value is -2.75. The maximum absolute atomic E-state index is 12.2. The van der Waals surface area contributed by atoms with Gasteiger partial charge in [0, 0.05) is 30.4 Å². The van der Waals surface area contributed by atoms with Crippen LogP contribution in [0.3, 0.4) is 0 Å². The van der Waals surface area contributed by atoms with Gasteiger partial charge in [0.1, 0.15) is 12.8 Å². The van der Waals surface area contributed by atoms with Gasteiger partial charge in [0.2, 0.25) is 10.0 Å². The summed E-state index contributed by atoms with van der Waals surface area (Å²) in [5.41, 5.74) is 5.37. The van der Waals surface area contributed by atoms with E-state index in [1.165, 1.54) is 23.1 Å². The predicted molar refractivity (Wildman–Crippen MR) is 178 cm³/mol. The van der Waals surface area contributed by atoms with Gasteiger partial charge in [-0.15, -0.1) is 6.58 Å². The van der Waals surface area contributed by atoms with Crippen molar-refractivity contribution in [3.63, 3.8) is 0 Å². The highest BCUT2D eigenvalue weighted by Crippen LogP contribution is 2.30. The van der Waals surface area contributed by atoms with Crippen LogP contribution in [0.15, 0.2) is 65.0 Å². The molecule has 1 aliphatic heterocycles. The molecule has 238 valence electrons. The Morgan fingerprint density at radius 2 is 1.69 bits per heavy atom. The number of sulfonamides is 1. The van der Waals surface area contributed by atoms with Gasteiger partial charge >= 0.3 is 0 Å². The molecule has 1 amide bonds. The average Bonchev–Trinajstić information content (AvgIpc) is 3.20. The Morgan fingerprint density at radius 1 is 1.10 bits per heavy atom. The maximum Gasteiger partial charge on any atom is 0.255 e. The van der Waals surface area contributed by atoms with Gasteiger partial charge in [-0.1, -0.05) is 76.5 Å². The molecule has 0 aromatic heterocycles. The van der Waals surface area contributed by atoms with Gasteiger partial charge in [0.05, 0.1) is 5.75 Å². The number of benzene rings is 1. The molecule has 42 heavy (non-hydrogen) atoms. The third-order valence-corrected chi connectivity index (χ3v) is 9.13. The molecule has 0 fully saturated rings. The van der Waals surface area contributed by atoms with E-state index in [1.54, 1.807) is 7.05 Å². The summed E-state index contributed by atoms with van der Waals surface area (Å²) in [4.78, 5) is 19.4. The van der Waals surface area contributed by atoms with Crippen LogP contribution >= 0.6 is 0 Å². The van der Waals surface area contributed by atoms with E-state index in [0.29, 0.717) is 29.7 Å². The van der Waals surface area contributed by atoms with Crippen LogP contribution in [0.2, 0.25) is 0 Å². The Bertz CT molecular complexity index is 1190. The second-order valence-electron chi connectivity index (χ2n) is 10.6. The van der Waals surface area contributed by atoms with Crippen LogP contribution in [0.1, 0.15) is 84.8 Å². The highest BCUT2D eigenvalue weighted by atomic mass is 32.2. The largest absolute Gasteiger partial charge is 0.399 e. The fourth-order valence-electron chi connectivity index (χ4n) is 4.23. The first-order chi connectivity index (χ1) is 19.8. The van der Waals surface area contributed by atoms with Crippen LogP contribution in [0.4, 0.5) is 0 Å². The minimum Gasteiger partial charge on any atom is -0.399 e. The molecule has 0 spiro atoms. The molecule has 2 atom stereocenters. The molecule has 1 aromatic rings. The van der Waals surface area contributed by atoms with Crippen molar-refractivity contribution < 1.29 is 18.0 Å². The monoisotopic (exact) mass is 604 g/mol. The third kappa shape index (κ3) is 12.6. The Labute approximate surface area is 256 Å². The van der Waals surface area contributed by atoms with E-state index in [-0.39, 0.29) is 11.7 Å². The first-order valence-electron chi connectivity index (χ1n) is 14.9. The molecule has 0 saturated carbocycles. The summed E-state index contributed by atoms with van der Waals surface area (Å²) in [6.45, 7) is 19.6. The standard InChI is InChI=1S/C21H28N2O2.C10H22N2O2S.C2H6/c1-7-13(2)14(3)17-10-8-9-11-18(17)20(23-25-6)12-19-15(4)16(5)22-21(19)24;1-5-10-15(13,14)12(4)9-7-6-8-11(2)3;1-2/h8-14H,7H2,1-6H3,(H,22,24);5H,1,6-10H2,2-4H3;1-2H3/b19-12+,23-20-;;/t13-,14+;;/m1../s1. The van der Waals surface area contributed by atoms with Crippen molar-refractivity contribution in [2.45, 2.75) is 73.6 Å². The molecule has 0 saturated heterocycles. The van der Waals surface area contributed by atoms with Crippen molar-refractivity contribution in [2.24, 2.45) is 11.1 Å². The van der Waals surface area contributed by atoms with Crippen molar-refractivity contribution in [1.29, 1.82) is 0 Å². The fourth-order valence-corrected chi connectivity index (χ4v) is 5.19. The van der Waals surface area contributed by atoms with Gasteiger partial charge < -0.3 is 15.1 Å². The molecule has 1 heterocycles. The van der Waals surface area contributed by atoms with Crippen molar-refractivity contribution >= 4 is 21.6 Å². The minimum atomic E-state index is -3.11. The number of carbonyl (C=O) groups excluding carboxylic acids is 1. The van der Waals surface area contributed by atoms with Crippen molar-refractivity contribution in [1.82, 2.24) is 14.5 Å². The summed E-state index contributed by atoms with van der Waals surface area (Å²) in [5, 5.41) is 7.07. The van der Waals surface area contributed by atoms with Gasteiger partial charge in [-0.3, -0.25) is 4.79 Å². The molecule has 0 unspecified atom stereocenters. The fraction of sp³-hybridized carbons (Fsp3) is 0.576. The first-order valence-corrected chi connectivity index (χ1v) is 16.5. The lowest BCUT2D eigenvalue weighted by Gasteiger charge is -2.21. The highest BCUT2D eigenvalue weighted by molar-refractivity contribution is 7.89. The summed E-state index contributed by atoms with van der Waals surface area (Å²) in [7, 11) is 4.06. The summed E-state index contributed by atoms with van der Waals surface area (Å²) in [5.74, 6) is 0.872. The quantitative estimate of drug-likeness (QED) is 0.0880. The average molecular weight is 605 g/mol. The predicted octanol–water partition coefficient (Wildman–Crippen LogP) is 6.34. The lowest BCUT2D eigenvalue weighted by Crippen LogP contribution is -2.30. The van der Waals surface area contributed by atoms with Gasteiger partial charge in [-0.2, -0.15) is 0 Å². The summed E-state index contributed by atoms with van der Waals surface area (Å²) in [6.07, 6.45) is 6.27. The van der Waals surface area contributed by atoms with Crippen LogP contribution in [-0.2, 0) is 19.7 Å². The van der Waals surface area contributed by atoms with E-state index in [4.69, 9.17) is 4.84 Å². The molecule has 0 radical (unpaired) electrons. The molecule has 0 bridgehead atoms. The number of rotatable bonds is 14. The number of hydrogen-bond donors (Lipinski definition) is 1. The molecule has 9 heteroatoms. The molecule has 8 nitrogen and oxygen atoms in total. The first kappa shape index (κ1) is 39.2. The van der Waals surface area contributed by atoms with Crippen molar-refractivity contribution in [2.75, 3.05) is 47.1 Å². The summed E-state index contributed by atoms with van der Waals surface area (Å²) < 4.78 is 24.4. The van der Waals surface area contributed by atoms with Crippen molar-refractivity contribution in [3.8, 4) is 0 Å². The molecule has 1 N–H and O–H groups in total. The van der Waals surface area contributed by atoms with E-state index in [0.717, 1.165) is 42.6 Å². The van der Waals surface area contributed by atoms with E-state index >= 15 is 0 Å². The number of carbonyl (C=O) groups is 1. The van der Waals surface area contributed by atoms with Crippen LogP contribution in [-0.4, -0.2) is 76.3 Å². The Morgan fingerprint density at radius 3 is 2.19 bits per heavy atom. The highest BCUT2D eigenvalue weighted by Gasteiger charge is 2.24. The lowest BCUT2D eigenvalue weighted by atomic mass is 9.83. The Kier molecular flexibility index (Phi) is 18.9. The molecule has 1 aromatic carbocycles. The van der Waals surface area contributed by atoms with Crippen LogP contribution in [0, 0.1) is 5.92 Å². The zero-order valence-corrected chi connectivity index (χ0v) is 28.8. The molecular formula is C33H56N4O4S. The smallest absolute Gasteiger partial charge is 0.255 e. The van der Waals surface area contributed by atoms with E-state index in [1.807, 2.05) is 66.1 Å². The maximum atomic E-state index is 12.2. The summed E-state index contributed by atoms with van der Waals surface area (Å²) >= 11 is 0. The lowest BCUT2D eigenvalue weighted by molar-refractivity contribution is -0.116. The molecular weight excluding hydrogens is 548 g/mol. The third-order valence-electron chi connectivity index (χ3n) is 7.34. The number of unbranched alkanes of at least 4 members (excludes halogenated alkanes) is 1. The van der Waals surface area contributed by atoms with Crippen LogP contribution in [0.25, 0.3) is 0 Å². The molecule has 2 rings (SSSR count). The van der Waals surface area contributed by atoms with Gasteiger partial charge in [-0.25, -0.2) is 12.7 Å². The van der Waals surface area contributed by atoms with E-state index in [2.05, 4.69) is 48.8 Å². The number of nitrogens with zero attached hydrogens (tertiary/aromatic N) is 3. The molecule has 1 aliphatic rings. The zero-order chi connectivity index (χ0) is 32.5. The van der Waals surface area contributed by atoms with Gasteiger partial charge in [0.15, 0.2) is 0 Å². The SMILES string of the molecule is C=CCS(=O)(=O)N(C)CCCCN(C)C.CC.CC[C@@H](C)[C@H](C)c1ccccc1C(/C=C1/C(=O)NC(C)=C1C)=N\OC. The number of nitrogens with one attached hydrogen (secondary N) is 1. The van der Waals surface area contributed by atoms with E-state index < -0.39 is 10.0 Å². The second kappa shape index (κ2) is 20.2.